The minimum Gasteiger partial charge on any atom is -0.288 e. The Balaban J connectivity index is 2.37. The fourth-order valence-electron chi connectivity index (χ4n) is 2.89. The van der Waals surface area contributed by atoms with Gasteiger partial charge in [0.2, 0.25) is 0 Å². The summed E-state index contributed by atoms with van der Waals surface area (Å²) >= 11 is 0. The molecule has 2 heteroatoms. The maximum Gasteiger partial charge on any atom is 0.0631 e. The van der Waals surface area contributed by atoms with Crippen LogP contribution in [0, 0.1) is 0 Å². The van der Waals surface area contributed by atoms with E-state index in [-0.39, 0.29) is 11.5 Å². The molecule has 1 aliphatic carbocycles. The van der Waals surface area contributed by atoms with Gasteiger partial charge in [-0.1, -0.05) is 50.8 Å². The van der Waals surface area contributed by atoms with Crippen molar-refractivity contribution in [3.05, 3.63) is 65.9 Å². The van der Waals surface area contributed by atoms with Crippen molar-refractivity contribution in [2.24, 2.45) is 0 Å². The van der Waals surface area contributed by atoms with Crippen LogP contribution in [-0.4, -0.2) is 16.3 Å². The summed E-state index contributed by atoms with van der Waals surface area (Å²) in [5, 5.41) is 11.3. The van der Waals surface area contributed by atoms with Gasteiger partial charge < -0.3 is 0 Å². The zero-order chi connectivity index (χ0) is 15.6. The summed E-state index contributed by atoms with van der Waals surface area (Å²) in [7, 11) is 0. The van der Waals surface area contributed by atoms with Crippen molar-refractivity contribution in [2.45, 2.75) is 45.6 Å². The number of hydroxylamine groups is 2. The van der Waals surface area contributed by atoms with Crippen molar-refractivity contribution in [2.75, 3.05) is 0 Å². The van der Waals surface area contributed by atoms with E-state index in [0.717, 1.165) is 12.1 Å². The molecule has 112 valence electrons. The standard InChI is InChI=1S/C19H25NO/c1-6-16(20(21)14(2)3)12-11-15-13-19(4,5)18-10-8-7-9-17(15)18/h6-12,14,21H,1,13H2,2-5H3/b15-11+,16-12+. The Morgan fingerprint density at radius 2 is 2.00 bits per heavy atom. The minimum atomic E-state index is 0.0277. The molecule has 1 aliphatic rings. The number of benzene rings is 1. The molecule has 0 heterocycles. The number of nitrogens with zero attached hydrogens (tertiary/aromatic N) is 1. The molecule has 0 spiro atoms. The topological polar surface area (TPSA) is 23.5 Å². The Labute approximate surface area is 128 Å². The molecule has 1 aromatic carbocycles. The van der Waals surface area contributed by atoms with Gasteiger partial charge in [-0.05, 0) is 54.5 Å². The van der Waals surface area contributed by atoms with Crippen LogP contribution in [0.25, 0.3) is 5.57 Å². The highest BCUT2D eigenvalue weighted by Gasteiger charge is 2.32. The van der Waals surface area contributed by atoms with E-state index in [9.17, 15) is 5.21 Å². The normalized spacial score (nSPS) is 19.0. The highest BCUT2D eigenvalue weighted by atomic mass is 16.5. The van der Waals surface area contributed by atoms with Gasteiger partial charge in [0.1, 0.15) is 0 Å². The van der Waals surface area contributed by atoms with Gasteiger partial charge in [-0.25, -0.2) is 0 Å². The summed E-state index contributed by atoms with van der Waals surface area (Å²) in [5.74, 6) is 0. The Kier molecular flexibility index (Phi) is 4.38. The predicted octanol–water partition coefficient (Wildman–Crippen LogP) is 4.92. The number of hydrogen-bond acceptors (Lipinski definition) is 2. The first-order chi connectivity index (χ1) is 9.86. The number of hydrogen-bond donors (Lipinski definition) is 1. The summed E-state index contributed by atoms with van der Waals surface area (Å²) in [6.45, 7) is 12.2. The zero-order valence-electron chi connectivity index (χ0n) is 13.4. The minimum absolute atomic E-state index is 0.0277. The third-order valence-electron chi connectivity index (χ3n) is 4.05. The van der Waals surface area contributed by atoms with Gasteiger partial charge >= 0.3 is 0 Å². The van der Waals surface area contributed by atoms with Crippen molar-refractivity contribution >= 4 is 5.57 Å². The van der Waals surface area contributed by atoms with Crippen LogP contribution >= 0.6 is 0 Å². The average Bonchev–Trinajstić information content (AvgIpc) is 2.71. The molecule has 0 amide bonds. The second kappa shape index (κ2) is 5.90. The highest BCUT2D eigenvalue weighted by Crippen LogP contribution is 2.45. The maximum atomic E-state index is 10.0. The van der Waals surface area contributed by atoms with Crippen molar-refractivity contribution in [3.63, 3.8) is 0 Å². The molecule has 1 N–H and O–H groups in total. The van der Waals surface area contributed by atoms with E-state index >= 15 is 0 Å². The van der Waals surface area contributed by atoms with Crippen molar-refractivity contribution in [1.29, 1.82) is 0 Å². The first-order valence-corrected chi connectivity index (χ1v) is 7.48. The van der Waals surface area contributed by atoms with Crippen LogP contribution in [-0.2, 0) is 5.41 Å². The summed E-state index contributed by atoms with van der Waals surface area (Å²) in [5.41, 5.74) is 4.92. The number of rotatable bonds is 4. The molecule has 0 aromatic heterocycles. The maximum absolute atomic E-state index is 10.0. The third-order valence-corrected chi connectivity index (χ3v) is 4.05. The van der Waals surface area contributed by atoms with E-state index < -0.39 is 0 Å². The molecule has 0 fully saturated rings. The van der Waals surface area contributed by atoms with Crippen LogP contribution in [0.2, 0.25) is 0 Å². The van der Waals surface area contributed by atoms with Crippen LogP contribution in [0.4, 0.5) is 0 Å². The van der Waals surface area contributed by atoms with Gasteiger partial charge in [0, 0.05) is 0 Å². The Morgan fingerprint density at radius 1 is 1.33 bits per heavy atom. The van der Waals surface area contributed by atoms with E-state index in [1.54, 1.807) is 6.08 Å². The molecule has 0 bridgehead atoms. The monoisotopic (exact) mass is 283 g/mol. The molecule has 2 nitrogen and oxygen atoms in total. The Hall–Kier alpha value is -1.80. The highest BCUT2D eigenvalue weighted by molar-refractivity contribution is 5.76. The van der Waals surface area contributed by atoms with Gasteiger partial charge in [-0.3, -0.25) is 10.3 Å². The molecule has 0 saturated carbocycles. The summed E-state index contributed by atoms with van der Waals surface area (Å²) in [4.78, 5) is 0. The lowest BCUT2D eigenvalue weighted by Gasteiger charge is -2.21. The fourth-order valence-corrected chi connectivity index (χ4v) is 2.89. The number of fused-ring (bicyclic) bond motifs is 1. The van der Waals surface area contributed by atoms with Crippen molar-refractivity contribution < 1.29 is 5.21 Å². The molecule has 0 radical (unpaired) electrons. The summed E-state index contributed by atoms with van der Waals surface area (Å²) in [6, 6.07) is 8.60. The lowest BCUT2D eigenvalue weighted by molar-refractivity contribution is -0.0777. The smallest absolute Gasteiger partial charge is 0.0631 e. The van der Waals surface area contributed by atoms with E-state index in [0.29, 0.717) is 0 Å². The van der Waals surface area contributed by atoms with Gasteiger partial charge in [-0.2, -0.15) is 0 Å². The molecule has 1 aromatic rings. The van der Waals surface area contributed by atoms with Crippen LogP contribution in [0.15, 0.2) is 54.8 Å². The molecule has 0 aliphatic heterocycles. The second-order valence-corrected chi connectivity index (χ2v) is 6.53. The van der Waals surface area contributed by atoms with E-state index in [1.165, 1.54) is 21.8 Å². The molecular formula is C19H25NO. The zero-order valence-corrected chi connectivity index (χ0v) is 13.4. The van der Waals surface area contributed by atoms with Crippen molar-refractivity contribution in [3.8, 4) is 0 Å². The van der Waals surface area contributed by atoms with E-state index in [4.69, 9.17) is 0 Å². The SMILES string of the molecule is C=C/C(=C\C=C1/CC(C)(C)c2ccccc21)N(O)C(C)C. The fraction of sp³-hybridized carbons (Fsp3) is 0.368. The van der Waals surface area contributed by atoms with Gasteiger partial charge in [0.15, 0.2) is 0 Å². The Morgan fingerprint density at radius 3 is 2.62 bits per heavy atom. The molecule has 0 atom stereocenters. The molecule has 0 saturated heterocycles. The quantitative estimate of drug-likeness (QED) is 0.626. The Bertz CT molecular complexity index is 593. The van der Waals surface area contributed by atoms with Crippen LogP contribution in [0.5, 0.6) is 0 Å². The molecular weight excluding hydrogens is 258 g/mol. The largest absolute Gasteiger partial charge is 0.288 e. The van der Waals surface area contributed by atoms with Gasteiger partial charge in [0.25, 0.3) is 0 Å². The third kappa shape index (κ3) is 3.11. The first-order valence-electron chi connectivity index (χ1n) is 7.48. The van der Waals surface area contributed by atoms with Crippen LogP contribution in [0.3, 0.4) is 0 Å². The van der Waals surface area contributed by atoms with Crippen LogP contribution < -0.4 is 0 Å². The molecule has 2 rings (SSSR count). The van der Waals surface area contributed by atoms with Gasteiger partial charge in [-0.15, -0.1) is 0 Å². The average molecular weight is 283 g/mol. The molecule has 21 heavy (non-hydrogen) atoms. The summed E-state index contributed by atoms with van der Waals surface area (Å²) < 4.78 is 0. The van der Waals surface area contributed by atoms with E-state index in [1.807, 2.05) is 19.9 Å². The predicted molar refractivity (Wildman–Crippen MR) is 89.1 cm³/mol. The number of allylic oxidation sites excluding steroid dienone is 4. The van der Waals surface area contributed by atoms with Gasteiger partial charge in [0.05, 0.1) is 11.7 Å². The first kappa shape index (κ1) is 15.6. The van der Waals surface area contributed by atoms with E-state index in [2.05, 4.69) is 50.8 Å². The second-order valence-electron chi connectivity index (χ2n) is 6.53. The lowest BCUT2D eigenvalue weighted by atomic mass is 9.86. The molecule has 0 unspecified atom stereocenters. The lowest BCUT2D eigenvalue weighted by Crippen LogP contribution is -2.25. The van der Waals surface area contributed by atoms with Crippen LogP contribution in [0.1, 0.15) is 45.2 Å². The summed E-state index contributed by atoms with van der Waals surface area (Å²) in [6.07, 6.45) is 6.75. The van der Waals surface area contributed by atoms with Crippen molar-refractivity contribution in [1.82, 2.24) is 5.06 Å².